The molecule has 0 saturated carbocycles. The fraction of sp³-hybridized carbons (Fsp3) is 0.429. The summed E-state index contributed by atoms with van der Waals surface area (Å²) in [6.45, 7) is -0.784. The number of amides is 1. The summed E-state index contributed by atoms with van der Waals surface area (Å²) < 4.78 is 34.4. The minimum atomic E-state index is -2.63. The van der Waals surface area contributed by atoms with Gasteiger partial charge in [0.25, 0.3) is 12.3 Å². The van der Waals surface area contributed by atoms with E-state index in [9.17, 15) is 18.4 Å². The number of hydrogen-bond donors (Lipinski definition) is 2. The maximum absolute atomic E-state index is 12.2. The summed E-state index contributed by atoms with van der Waals surface area (Å²) in [6.07, 6.45) is -3.98. The molecule has 8 heteroatoms. The number of nitrogens with one attached hydrogen (secondary N) is 1. The van der Waals surface area contributed by atoms with Crippen molar-refractivity contribution in [2.45, 2.75) is 31.5 Å². The van der Waals surface area contributed by atoms with Gasteiger partial charge in [-0.3, -0.25) is 4.79 Å². The van der Waals surface area contributed by atoms with Crippen LogP contribution >= 0.6 is 0 Å². The Kier molecular flexibility index (Phi) is 5.26. The molecule has 2 N–H and O–H groups in total. The molecular formula is C14H15F2NO5. The molecule has 1 fully saturated rings. The first kappa shape index (κ1) is 16.2. The molecule has 2 atom stereocenters. The van der Waals surface area contributed by atoms with Crippen LogP contribution in [-0.4, -0.2) is 42.2 Å². The van der Waals surface area contributed by atoms with Gasteiger partial charge in [0.2, 0.25) is 0 Å². The van der Waals surface area contributed by atoms with Gasteiger partial charge in [0.15, 0.2) is 6.10 Å². The van der Waals surface area contributed by atoms with Crippen LogP contribution in [0.3, 0.4) is 0 Å². The predicted octanol–water partition coefficient (Wildman–Crippen LogP) is 1.90. The van der Waals surface area contributed by atoms with Crippen molar-refractivity contribution in [3.8, 4) is 5.75 Å². The van der Waals surface area contributed by atoms with Crippen molar-refractivity contribution in [1.82, 2.24) is 0 Å². The summed E-state index contributed by atoms with van der Waals surface area (Å²) in [6, 6.07) is 6.15. The van der Waals surface area contributed by atoms with Gasteiger partial charge in [-0.2, -0.15) is 0 Å². The van der Waals surface area contributed by atoms with Crippen molar-refractivity contribution >= 4 is 17.6 Å². The zero-order chi connectivity index (χ0) is 16.1. The van der Waals surface area contributed by atoms with Crippen LogP contribution in [0.15, 0.2) is 24.3 Å². The number of carboxylic acids is 1. The molecule has 1 amide bonds. The molecule has 22 heavy (non-hydrogen) atoms. The third-order valence-electron chi connectivity index (χ3n) is 3.10. The first-order valence-corrected chi connectivity index (χ1v) is 6.66. The number of benzene rings is 1. The molecule has 0 radical (unpaired) electrons. The lowest BCUT2D eigenvalue weighted by Gasteiger charge is -2.15. The van der Waals surface area contributed by atoms with E-state index in [0.717, 1.165) is 0 Å². The molecule has 0 bridgehead atoms. The Bertz CT molecular complexity index is 552. The molecule has 0 unspecified atom stereocenters. The number of para-hydroxylation sites is 2. The molecule has 1 aromatic rings. The van der Waals surface area contributed by atoms with Crippen LogP contribution in [0.2, 0.25) is 0 Å². The zero-order valence-corrected chi connectivity index (χ0v) is 11.5. The van der Waals surface area contributed by atoms with E-state index in [0.29, 0.717) is 0 Å². The number of aliphatic carboxylic acids is 1. The first-order chi connectivity index (χ1) is 10.5. The van der Waals surface area contributed by atoms with Gasteiger partial charge >= 0.3 is 5.97 Å². The number of carboxylic acid groups (broad SMARTS) is 1. The van der Waals surface area contributed by atoms with E-state index in [1.807, 2.05) is 0 Å². The second-order valence-electron chi connectivity index (χ2n) is 4.72. The van der Waals surface area contributed by atoms with Crippen molar-refractivity contribution < 1.29 is 33.0 Å². The quantitative estimate of drug-likeness (QED) is 0.837. The van der Waals surface area contributed by atoms with Crippen molar-refractivity contribution in [2.24, 2.45) is 0 Å². The molecule has 0 aliphatic carbocycles. The number of ether oxygens (including phenoxy) is 2. The number of carbonyl (C=O) groups is 2. The van der Waals surface area contributed by atoms with E-state index in [4.69, 9.17) is 14.6 Å². The molecule has 1 aliphatic rings. The maximum Gasteiger partial charge on any atom is 0.332 e. The number of hydrogen-bond acceptors (Lipinski definition) is 4. The van der Waals surface area contributed by atoms with E-state index in [1.165, 1.54) is 12.1 Å². The summed E-state index contributed by atoms with van der Waals surface area (Å²) in [4.78, 5) is 22.8. The maximum atomic E-state index is 12.2. The van der Waals surface area contributed by atoms with E-state index < -0.39 is 37.1 Å². The van der Waals surface area contributed by atoms with E-state index >= 15 is 0 Å². The monoisotopic (exact) mass is 315 g/mol. The summed E-state index contributed by atoms with van der Waals surface area (Å²) in [5, 5.41) is 11.3. The highest BCUT2D eigenvalue weighted by Gasteiger charge is 2.34. The second kappa shape index (κ2) is 7.17. The van der Waals surface area contributed by atoms with Crippen molar-refractivity contribution in [1.29, 1.82) is 0 Å². The molecule has 1 aliphatic heterocycles. The van der Waals surface area contributed by atoms with E-state index in [1.54, 1.807) is 12.1 Å². The average Bonchev–Trinajstić information content (AvgIpc) is 2.96. The van der Waals surface area contributed by atoms with Gasteiger partial charge < -0.3 is 19.9 Å². The summed E-state index contributed by atoms with van der Waals surface area (Å²) >= 11 is 0. The molecular weight excluding hydrogens is 300 g/mol. The molecule has 6 nitrogen and oxygen atoms in total. The zero-order valence-electron chi connectivity index (χ0n) is 11.5. The lowest BCUT2D eigenvalue weighted by atomic mass is 10.2. The number of carbonyl (C=O) groups excluding carboxylic acids is 1. The summed E-state index contributed by atoms with van der Waals surface area (Å²) in [5.41, 5.74) is 0.232. The van der Waals surface area contributed by atoms with Crippen LogP contribution in [0.4, 0.5) is 14.5 Å². The van der Waals surface area contributed by atoms with Gasteiger partial charge in [0.1, 0.15) is 18.5 Å². The largest absolute Gasteiger partial charge is 0.485 e. The molecule has 1 saturated heterocycles. The summed E-state index contributed by atoms with van der Waals surface area (Å²) in [5.74, 6) is -1.53. The Labute approximate surface area is 125 Å². The highest BCUT2D eigenvalue weighted by molar-refractivity contribution is 5.96. The minimum Gasteiger partial charge on any atom is -0.485 e. The van der Waals surface area contributed by atoms with Crippen molar-refractivity contribution in [2.75, 3.05) is 11.9 Å². The van der Waals surface area contributed by atoms with Gasteiger partial charge in [-0.1, -0.05) is 12.1 Å². The van der Waals surface area contributed by atoms with Gasteiger partial charge in [0.05, 0.1) is 5.69 Å². The normalized spacial score (nSPS) is 20.9. The lowest BCUT2D eigenvalue weighted by Crippen LogP contribution is -2.30. The van der Waals surface area contributed by atoms with Crippen LogP contribution in [0.1, 0.15) is 12.8 Å². The van der Waals surface area contributed by atoms with Gasteiger partial charge in [-0.25, -0.2) is 13.6 Å². The molecule has 2 rings (SSSR count). The van der Waals surface area contributed by atoms with E-state index in [2.05, 4.69) is 5.32 Å². The van der Waals surface area contributed by atoms with Gasteiger partial charge in [0, 0.05) is 0 Å². The standard InChI is InChI=1S/C14H15F2NO5/c15-12(16)7-21-9-4-2-1-3-8(9)17-13(18)10-5-6-11(22-10)14(19)20/h1-4,10-12H,5-7H2,(H,17,18)(H,19,20)/t10-,11+/m0/s1. The van der Waals surface area contributed by atoms with Gasteiger partial charge in [-0.05, 0) is 25.0 Å². The highest BCUT2D eigenvalue weighted by atomic mass is 19.3. The van der Waals surface area contributed by atoms with Crippen LogP contribution in [-0.2, 0) is 14.3 Å². The Hall–Kier alpha value is -2.22. The Morgan fingerprint density at radius 3 is 2.64 bits per heavy atom. The fourth-order valence-electron chi connectivity index (χ4n) is 2.07. The second-order valence-corrected chi connectivity index (χ2v) is 4.72. The topological polar surface area (TPSA) is 84.9 Å². The molecule has 1 aromatic carbocycles. The number of halogens is 2. The van der Waals surface area contributed by atoms with Crippen molar-refractivity contribution in [3.63, 3.8) is 0 Å². The SMILES string of the molecule is O=C(Nc1ccccc1OCC(F)F)[C@@H]1CC[C@H](C(=O)O)O1. The molecule has 0 aromatic heterocycles. The predicted molar refractivity (Wildman–Crippen MR) is 72.1 cm³/mol. The Morgan fingerprint density at radius 1 is 1.32 bits per heavy atom. The third kappa shape index (κ3) is 4.14. The average molecular weight is 315 g/mol. The minimum absolute atomic E-state index is 0.115. The Balaban J connectivity index is 1.98. The van der Waals surface area contributed by atoms with Crippen LogP contribution in [0.5, 0.6) is 5.75 Å². The number of rotatable bonds is 6. The number of anilines is 1. The lowest BCUT2D eigenvalue weighted by molar-refractivity contribution is -0.150. The summed E-state index contributed by atoms with van der Waals surface area (Å²) in [7, 11) is 0. The molecule has 120 valence electrons. The van der Waals surface area contributed by atoms with Gasteiger partial charge in [-0.15, -0.1) is 0 Å². The van der Waals surface area contributed by atoms with Crippen LogP contribution in [0, 0.1) is 0 Å². The number of alkyl halides is 2. The van der Waals surface area contributed by atoms with Crippen LogP contribution in [0.25, 0.3) is 0 Å². The third-order valence-corrected chi connectivity index (χ3v) is 3.10. The smallest absolute Gasteiger partial charge is 0.332 e. The van der Waals surface area contributed by atoms with E-state index in [-0.39, 0.29) is 24.3 Å². The van der Waals surface area contributed by atoms with Crippen LogP contribution < -0.4 is 10.1 Å². The molecule has 1 heterocycles. The Morgan fingerprint density at radius 2 is 2.00 bits per heavy atom. The first-order valence-electron chi connectivity index (χ1n) is 6.66. The highest BCUT2D eigenvalue weighted by Crippen LogP contribution is 2.26. The van der Waals surface area contributed by atoms with Crippen molar-refractivity contribution in [3.05, 3.63) is 24.3 Å². The fourth-order valence-corrected chi connectivity index (χ4v) is 2.07. The molecule has 0 spiro atoms.